The van der Waals surface area contributed by atoms with Gasteiger partial charge in [0.15, 0.2) is 0 Å². The van der Waals surface area contributed by atoms with E-state index in [-0.39, 0.29) is 11.8 Å². The van der Waals surface area contributed by atoms with Gasteiger partial charge in [0.1, 0.15) is 6.04 Å². The SMILES string of the molecule is CCc1cccc(NC(=O)C(CC(C)C)NC(N)=O)c1. The number of anilines is 1. The first kappa shape index (κ1) is 16.0. The summed E-state index contributed by atoms with van der Waals surface area (Å²) in [6, 6.07) is 6.35. The number of nitrogens with one attached hydrogen (secondary N) is 2. The summed E-state index contributed by atoms with van der Waals surface area (Å²) in [6.07, 6.45) is 1.45. The molecule has 0 spiro atoms. The van der Waals surface area contributed by atoms with Crippen LogP contribution in [0.15, 0.2) is 24.3 Å². The third-order valence-corrected chi connectivity index (χ3v) is 2.94. The zero-order valence-corrected chi connectivity index (χ0v) is 12.3. The summed E-state index contributed by atoms with van der Waals surface area (Å²) in [5.41, 5.74) is 6.99. The molecular weight excluding hydrogens is 254 g/mol. The molecule has 1 unspecified atom stereocenters. The molecule has 1 aromatic carbocycles. The Hall–Kier alpha value is -2.04. The van der Waals surface area contributed by atoms with Crippen molar-refractivity contribution in [2.24, 2.45) is 11.7 Å². The van der Waals surface area contributed by atoms with E-state index in [1.807, 2.05) is 38.1 Å². The van der Waals surface area contributed by atoms with Gasteiger partial charge < -0.3 is 16.4 Å². The molecule has 5 nitrogen and oxygen atoms in total. The van der Waals surface area contributed by atoms with E-state index in [9.17, 15) is 9.59 Å². The van der Waals surface area contributed by atoms with Crippen LogP contribution < -0.4 is 16.4 Å². The Kier molecular flexibility index (Phi) is 6.03. The first-order chi connectivity index (χ1) is 9.42. The van der Waals surface area contributed by atoms with Gasteiger partial charge in [-0.3, -0.25) is 4.79 Å². The lowest BCUT2D eigenvalue weighted by Gasteiger charge is -2.19. The second-order valence-electron chi connectivity index (χ2n) is 5.23. The predicted molar refractivity (Wildman–Crippen MR) is 80.4 cm³/mol. The van der Waals surface area contributed by atoms with E-state index in [1.54, 1.807) is 0 Å². The van der Waals surface area contributed by atoms with Crippen LogP contribution in [-0.4, -0.2) is 18.0 Å². The van der Waals surface area contributed by atoms with E-state index in [0.717, 1.165) is 17.7 Å². The van der Waals surface area contributed by atoms with Crippen LogP contribution in [0.4, 0.5) is 10.5 Å². The van der Waals surface area contributed by atoms with Gasteiger partial charge in [0.05, 0.1) is 0 Å². The number of carbonyl (C=O) groups excluding carboxylic acids is 2. The van der Waals surface area contributed by atoms with Crippen molar-refractivity contribution in [3.8, 4) is 0 Å². The highest BCUT2D eigenvalue weighted by Gasteiger charge is 2.21. The molecule has 0 aliphatic rings. The van der Waals surface area contributed by atoms with Crippen LogP contribution in [0.1, 0.15) is 32.8 Å². The Balaban J connectivity index is 2.75. The van der Waals surface area contributed by atoms with Gasteiger partial charge in [-0.2, -0.15) is 0 Å². The highest BCUT2D eigenvalue weighted by atomic mass is 16.2. The molecule has 0 fully saturated rings. The highest BCUT2D eigenvalue weighted by molar-refractivity contribution is 5.96. The van der Waals surface area contributed by atoms with Crippen LogP contribution in [0.2, 0.25) is 0 Å². The van der Waals surface area contributed by atoms with E-state index >= 15 is 0 Å². The summed E-state index contributed by atoms with van der Waals surface area (Å²) in [5, 5.41) is 5.30. The minimum atomic E-state index is -0.687. The quantitative estimate of drug-likeness (QED) is 0.745. The summed E-state index contributed by atoms with van der Waals surface area (Å²) >= 11 is 0. The summed E-state index contributed by atoms with van der Waals surface area (Å²) < 4.78 is 0. The van der Waals surface area contributed by atoms with Crippen LogP contribution in [-0.2, 0) is 11.2 Å². The van der Waals surface area contributed by atoms with Gasteiger partial charge in [0, 0.05) is 5.69 Å². The van der Waals surface area contributed by atoms with Crippen molar-refractivity contribution in [3.05, 3.63) is 29.8 Å². The van der Waals surface area contributed by atoms with Gasteiger partial charge in [-0.15, -0.1) is 0 Å². The first-order valence-corrected chi connectivity index (χ1v) is 6.88. The Morgan fingerprint density at radius 1 is 1.30 bits per heavy atom. The summed E-state index contributed by atoms with van der Waals surface area (Å²) in [4.78, 5) is 23.2. The molecule has 3 amide bonds. The molecule has 1 atom stereocenters. The zero-order valence-electron chi connectivity index (χ0n) is 12.3. The maximum Gasteiger partial charge on any atom is 0.312 e. The molecule has 0 aliphatic heterocycles. The number of urea groups is 1. The van der Waals surface area contributed by atoms with Crippen molar-refractivity contribution in [1.29, 1.82) is 0 Å². The normalized spacial score (nSPS) is 12.0. The van der Waals surface area contributed by atoms with Crippen molar-refractivity contribution in [2.75, 3.05) is 5.32 Å². The van der Waals surface area contributed by atoms with Gasteiger partial charge >= 0.3 is 6.03 Å². The number of amides is 3. The number of benzene rings is 1. The summed E-state index contributed by atoms with van der Waals surface area (Å²) in [6.45, 7) is 6.03. The van der Waals surface area contributed by atoms with Crippen LogP contribution in [0.25, 0.3) is 0 Å². The summed E-state index contributed by atoms with van der Waals surface area (Å²) in [7, 11) is 0. The van der Waals surface area contributed by atoms with E-state index in [2.05, 4.69) is 17.6 Å². The molecule has 1 aromatic rings. The lowest BCUT2D eigenvalue weighted by Crippen LogP contribution is -2.46. The maximum atomic E-state index is 12.2. The second kappa shape index (κ2) is 7.53. The monoisotopic (exact) mass is 277 g/mol. The molecule has 0 aromatic heterocycles. The first-order valence-electron chi connectivity index (χ1n) is 6.88. The van der Waals surface area contributed by atoms with Crippen molar-refractivity contribution in [2.45, 2.75) is 39.7 Å². The predicted octanol–water partition coefficient (Wildman–Crippen LogP) is 2.27. The fourth-order valence-corrected chi connectivity index (χ4v) is 1.97. The smallest absolute Gasteiger partial charge is 0.312 e. The molecule has 20 heavy (non-hydrogen) atoms. The van der Waals surface area contributed by atoms with Gasteiger partial charge in [0.25, 0.3) is 0 Å². The average Bonchev–Trinajstić information content (AvgIpc) is 2.37. The van der Waals surface area contributed by atoms with Crippen LogP contribution >= 0.6 is 0 Å². The third kappa shape index (κ3) is 5.30. The molecule has 1 rings (SSSR count). The largest absolute Gasteiger partial charge is 0.352 e. The van der Waals surface area contributed by atoms with Gasteiger partial charge in [-0.25, -0.2) is 4.79 Å². The molecule has 0 saturated heterocycles. The van der Waals surface area contributed by atoms with Crippen LogP contribution in [0.5, 0.6) is 0 Å². The molecule has 0 radical (unpaired) electrons. The fraction of sp³-hybridized carbons (Fsp3) is 0.467. The fourth-order valence-electron chi connectivity index (χ4n) is 1.97. The van der Waals surface area contributed by atoms with Crippen molar-refractivity contribution in [1.82, 2.24) is 5.32 Å². The standard InChI is InChI=1S/C15H23N3O2/c1-4-11-6-5-7-12(9-11)17-14(19)13(8-10(2)3)18-15(16)20/h5-7,9-10,13H,4,8H2,1-3H3,(H,17,19)(H3,16,18,20). The maximum absolute atomic E-state index is 12.2. The van der Waals surface area contributed by atoms with E-state index < -0.39 is 12.1 Å². The number of nitrogens with two attached hydrogens (primary N) is 1. The molecule has 0 aliphatic carbocycles. The molecule has 110 valence electrons. The van der Waals surface area contributed by atoms with Crippen molar-refractivity contribution < 1.29 is 9.59 Å². The lowest BCUT2D eigenvalue weighted by molar-refractivity contribution is -0.118. The number of hydrogen-bond donors (Lipinski definition) is 3. The molecular formula is C15H23N3O2. The zero-order chi connectivity index (χ0) is 15.1. The number of primary amides is 1. The Morgan fingerprint density at radius 3 is 2.55 bits per heavy atom. The van der Waals surface area contributed by atoms with Crippen molar-refractivity contribution in [3.63, 3.8) is 0 Å². The van der Waals surface area contributed by atoms with Crippen LogP contribution in [0, 0.1) is 5.92 Å². The van der Waals surface area contributed by atoms with E-state index in [1.165, 1.54) is 0 Å². The molecule has 5 heteroatoms. The molecule has 4 N–H and O–H groups in total. The average molecular weight is 277 g/mol. The van der Waals surface area contributed by atoms with Gasteiger partial charge in [0.2, 0.25) is 5.91 Å². The molecule has 0 saturated carbocycles. The Labute approximate surface area is 119 Å². The van der Waals surface area contributed by atoms with E-state index in [4.69, 9.17) is 5.73 Å². The molecule has 0 bridgehead atoms. The Bertz CT molecular complexity index is 472. The second-order valence-corrected chi connectivity index (χ2v) is 5.23. The molecule has 0 heterocycles. The third-order valence-electron chi connectivity index (χ3n) is 2.94. The topological polar surface area (TPSA) is 84.2 Å². The van der Waals surface area contributed by atoms with E-state index in [0.29, 0.717) is 6.42 Å². The number of rotatable bonds is 6. The minimum absolute atomic E-state index is 0.245. The van der Waals surface area contributed by atoms with Crippen molar-refractivity contribution >= 4 is 17.6 Å². The number of hydrogen-bond acceptors (Lipinski definition) is 2. The van der Waals surface area contributed by atoms with Gasteiger partial charge in [-0.05, 0) is 36.5 Å². The lowest BCUT2D eigenvalue weighted by atomic mass is 10.0. The number of aryl methyl sites for hydroxylation is 1. The Morgan fingerprint density at radius 2 is 2.00 bits per heavy atom. The highest BCUT2D eigenvalue weighted by Crippen LogP contribution is 2.13. The number of carbonyl (C=O) groups is 2. The summed E-state index contributed by atoms with van der Waals surface area (Å²) in [5.74, 6) is 0.0327. The van der Waals surface area contributed by atoms with Gasteiger partial charge in [-0.1, -0.05) is 32.9 Å². The van der Waals surface area contributed by atoms with Crippen LogP contribution in [0.3, 0.4) is 0 Å². The minimum Gasteiger partial charge on any atom is -0.352 e.